The fourth-order valence-electron chi connectivity index (χ4n) is 2.49. The van der Waals surface area contributed by atoms with E-state index in [1.807, 2.05) is 38.1 Å². The highest BCUT2D eigenvalue weighted by atomic mass is 16.6. The van der Waals surface area contributed by atoms with Crippen LogP contribution in [0.1, 0.15) is 16.7 Å². The largest absolute Gasteiger partial charge is 0.486 e. The normalized spacial score (nSPS) is 13.1. The van der Waals surface area contributed by atoms with E-state index in [-0.39, 0.29) is 5.57 Å². The molecule has 1 aliphatic heterocycles. The number of benzene rings is 2. The molecule has 2 aromatic carbocycles. The minimum atomic E-state index is -0.461. The Morgan fingerprint density at radius 1 is 1.08 bits per heavy atom. The van der Waals surface area contributed by atoms with Gasteiger partial charge >= 0.3 is 0 Å². The number of anilines is 1. The van der Waals surface area contributed by atoms with Gasteiger partial charge in [0, 0.05) is 11.8 Å². The van der Waals surface area contributed by atoms with Crippen molar-refractivity contribution in [2.24, 2.45) is 0 Å². The average Bonchev–Trinajstić information content (AvgIpc) is 2.62. The van der Waals surface area contributed by atoms with Crippen molar-refractivity contribution in [3.8, 4) is 17.6 Å². The first-order valence-corrected chi connectivity index (χ1v) is 7.97. The van der Waals surface area contributed by atoms with Crippen LogP contribution in [0.15, 0.2) is 42.0 Å². The molecule has 0 saturated heterocycles. The molecule has 0 saturated carbocycles. The molecular formula is C20H18N2O3. The highest BCUT2D eigenvalue weighted by molar-refractivity contribution is 6.09. The van der Waals surface area contributed by atoms with Crippen molar-refractivity contribution in [2.75, 3.05) is 18.5 Å². The first-order valence-electron chi connectivity index (χ1n) is 7.97. The van der Waals surface area contributed by atoms with E-state index >= 15 is 0 Å². The summed E-state index contributed by atoms with van der Waals surface area (Å²) in [6.07, 6.45) is 1.58. The molecule has 5 heteroatoms. The molecule has 0 fully saturated rings. The van der Waals surface area contributed by atoms with E-state index in [1.54, 1.807) is 24.3 Å². The Hall–Kier alpha value is -3.26. The lowest BCUT2D eigenvalue weighted by Crippen LogP contribution is -2.17. The fraction of sp³-hybridized carbons (Fsp3) is 0.200. The monoisotopic (exact) mass is 334 g/mol. The van der Waals surface area contributed by atoms with Gasteiger partial charge in [-0.3, -0.25) is 4.79 Å². The zero-order valence-corrected chi connectivity index (χ0v) is 14.1. The molecule has 1 N–H and O–H groups in total. The van der Waals surface area contributed by atoms with Gasteiger partial charge in [0.1, 0.15) is 24.9 Å². The minimum Gasteiger partial charge on any atom is -0.486 e. The number of amides is 1. The summed E-state index contributed by atoms with van der Waals surface area (Å²) in [5, 5.41) is 12.1. The van der Waals surface area contributed by atoms with E-state index in [9.17, 15) is 10.1 Å². The molecule has 2 aromatic rings. The van der Waals surface area contributed by atoms with E-state index in [4.69, 9.17) is 9.47 Å². The number of hydrogen-bond acceptors (Lipinski definition) is 4. The van der Waals surface area contributed by atoms with Crippen LogP contribution in [0.5, 0.6) is 11.5 Å². The van der Waals surface area contributed by atoms with Gasteiger partial charge in [-0.15, -0.1) is 0 Å². The maximum absolute atomic E-state index is 12.4. The van der Waals surface area contributed by atoms with E-state index < -0.39 is 5.91 Å². The first-order chi connectivity index (χ1) is 12.1. The molecule has 5 nitrogen and oxygen atoms in total. The Balaban J connectivity index is 1.79. The van der Waals surface area contributed by atoms with Gasteiger partial charge in [-0.1, -0.05) is 18.2 Å². The predicted molar refractivity (Wildman–Crippen MR) is 95.6 cm³/mol. The zero-order valence-electron chi connectivity index (χ0n) is 14.1. The smallest absolute Gasteiger partial charge is 0.266 e. The minimum absolute atomic E-state index is 0.0399. The topological polar surface area (TPSA) is 71.4 Å². The molecule has 25 heavy (non-hydrogen) atoms. The molecule has 0 aromatic heterocycles. The average molecular weight is 334 g/mol. The van der Waals surface area contributed by atoms with Crippen molar-refractivity contribution in [3.05, 3.63) is 58.7 Å². The molecule has 0 unspecified atom stereocenters. The number of nitriles is 1. The summed E-state index contributed by atoms with van der Waals surface area (Å²) in [5.74, 6) is 0.772. The number of fused-ring (bicyclic) bond motifs is 1. The second-order valence-corrected chi connectivity index (χ2v) is 5.83. The highest BCUT2D eigenvalue weighted by Gasteiger charge is 2.14. The van der Waals surface area contributed by atoms with Gasteiger partial charge in [-0.25, -0.2) is 0 Å². The summed E-state index contributed by atoms with van der Waals surface area (Å²) in [6.45, 7) is 4.99. The molecule has 0 atom stereocenters. The van der Waals surface area contributed by atoms with Gasteiger partial charge in [0.25, 0.3) is 5.91 Å². The van der Waals surface area contributed by atoms with Crippen LogP contribution < -0.4 is 14.8 Å². The Morgan fingerprint density at radius 3 is 2.56 bits per heavy atom. The number of rotatable bonds is 3. The van der Waals surface area contributed by atoms with E-state index in [1.165, 1.54) is 0 Å². The van der Waals surface area contributed by atoms with Gasteiger partial charge in [-0.05, 0) is 48.7 Å². The molecule has 1 amide bonds. The third kappa shape index (κ3) is 3.81. The molecule has 0 spiro atoms. The van der Waals surface area contributed by atoms with Crippen LogP contribution in [0.4, 0.5) is 5.69 Å². The summed E-state index contributed by atoms with van der Waals surface area (Å²) in [5.41, 5.74) is 3.68. The van der Waals surface area contributed by atoms with Gasteiger partial charge in [0.2, 0.25) is 0 Å². The number of nitrogens with one attached hydrogen (secondary N) is 1. The standard InChI is InChI=1S/C20H18N2O3/c1-13-3-4-15(9-14(13)2)10-16(12-21)20(23)22-17-5-6-18-19(11-17)25-8-7-24-18/h3-6,9-11H,7-8H2,1-2H3,(H,22,23)/b16-10+. The molecule has 1 heterocycles. The summed E-state index contributed by atoms with van der Waals surface area (Å²) in [7, 11) is 0. The van der Waals surface area contributed by atoms with Crippen LogP contribution in [0, 0.1) is 25.2 Å². The number of ether oxygens (including phenoxy) is 2. The van der Waals surface area contributed by atoms with Gasteiger partial charge in [0.05, 0.1) is 0 Å². The molecule has 3 rings (SSSR count). The van der Waals surface area contributed by atoms with E-state index in [2.05, 4.69) is 5.32 Å². The molecule has 126 valence electrons. The van der Waals surface area contributed by atoms with Gasteiger partial charge < -0.3 is 14.8 Å². The maximum Gasteiger partial charge on any atom is 0.266 e. The van der Waals surface area contributed by atoms with Crippen LogP contribution in [0.3, 0.4) is 0 Å². The number of aryl methyl sites for hydroxylation is 2. The SMILES string of the molecule is Cc1ccc(/C=C(\C#N)C(=O)Nc2ccc3c(c2)OCCO3)cc1C. The quantitative estimate of drug-likeness (QED) is 0.687. The second-order valence-electron chi connectivity index (χ2n) is 5.83. The maximum atomic E-state index is 12.4. The first kappa shape index (κ1) is 16.6. The Labute approximate surface area is 146 Å². The molecule has 0 bridgehead atoms. The lowest BCUT2D eigenvalue weighted by atomic mass is 10.0. The molecule has 0 radical (unpaired) electrons. The third-order valence-electron chi connectivity index (χ3n) is 4.01. The third-order valence-corrected chi connectivity index (χ3v) is 4.01. The van der Waals surface area contributed by atoms with Crippen molar-refractivity contribution in [1.29, 1.82) is 5.26 Å². The Morgan fingerprint density at radius 2 is 1.84 bits per heavy atom. The number of carbonyl (C=O) groups is 1. The number of nitrogens with zero attached hydrogens (tertiary/aromatic N) is 1. The van der Waals surface area contributed by atoms with Crippen LogP contribution >= 0.6 is 0 Å². The van der Waals surface area contributed by atoms with Gasteiger partial charge in [-0.2, -0.15) is 5.26 Å². The van der Waals surface area contributed by atoms with Crippen LogP contribution in [0.2, 0.25) is 0 Å². The van der Waals surface area contributed by atoms with Crippen molar-refractivity contribution in [2.45, 2.75) is 13.8 Å². The van der Waals surface area contributed by atoms with Crippen molar-refractivity contribution >= 4 is 17.7 Å². The lowest BCUT2D eigenvalue weighted by molar-refractivity contribution is -0.112. The summed E-state index contributed by atoms with van der Waals surface area (Å²) < 4.78 is 10.9. The van der Waals surface area contributed by atoms with Crippen LogP contribution in [-0.2, 0) is 4.79 Å². The van der Waals surface area contributed by atoms with E-state index in [0.29, 0.717) is 30.4 Å². The molecular weight excluding hydrogens is 316 g/mol. The number of carbonyl (C=O) groups excluding carboxylic acids is 1. The predicted octanol–water partition coefficient (Wildman–Crippen LogP) is 3.62. The van der Waals surface area contributed by atoms with E-state index in [0.717, 1.165) is 16.7 Å². The zero-order chi connectivity index (χ0) is 17.8. The summed E-state index contributed by atoms with van der Waals surface area (Å²) in [6, 6.07) is 12.9. The molecule has 1 aliphatic rings. The Kier molecular flexibility index (Phi) is 4.71. The van der Waals surface area contributed by atoms with Crippen LogP contribution in [0.25, 0.3) is 6.08 Å². The fourth-order valence-corrected chi connectivity index (χ4v) is 2.49. The highest BCUT2D eigenvalue weighted by Crippen LogP contribution is 2.32. The summed E-state index contributed by atoms with van der Waals surface area (Å²) in [4.78, 5) is 12.4. The van der Waals surface area contributed by atoms with Crippen molar-refractivity contribution in [1.82, 2.24) is 0 Å². The van der Waals surface area contributed by atoms with Crippen LogP contribution in [-0.4, -0.2) is 19.1 Å². The van der Waals surface area contributed by atoms with Crippen molar-refractivity contribution in [3.63, 3.8) is 0 Å². The Bertz CT molecular complexity index is 894. The van der Waals surface area contributed by atoms with Crippen molar-refractivity contribution < 1.29 is 14.3 Å². The lowest BCUT2D eigenvalue weighted by Gasteiger charge is -2.18. The number of hydrogen-bond donors (Lipinski definition) is 1. The molecule has 0 aliphatic carbocycles. The van der Waals surface area contributed by atoms with Gasteiger partial charge in [0.15, 0.2) is 11.5 Å². The second kappa shape index (κ2) is 7.10. The summed E-state index contributed by atoms with van der Waals surface area (Å²) >= 11 is 0.